The number of fused-ring (bicyclic) bond motifs is 2. The molecule has 0 unspecified atom stereocenters. The molecule has 0 aliphatic carbocycles. The van der Waals surface area contributed by atoms with Gasteiger partial charge in [0.15, 0.2) is 5.58 Å². The van der Waals surface area contributed by atoms with Gasteiger partial charge in [0.2, 0.25) is 6.10 Å². The number of likely N-dealkylation sites (tertiary alicyclic amines) is 2. The fourth-order valence-electron chi connectivity index (χ4n) is 9.04. The first-order valence-corrected chi connectivity index (χ1v) is 20.2. The summed E-state index contributed by atoms with van der Waals surface area (Å²) in [6.07, 6.45) is 2.38. The first kappa shape index (κ1) is 37.1. The van der Waals surface area contributed by atoms with Gasteiger partial charge in [-0.15, -0.1) is 3.89 Å². The number of benzene rings is 2. The van der Waals surface area contributed by atoms with E-state index in [0.29, 0.717) is 66.8 Å². The number of aryl methyl sites for hydroxylation is 2. The number of ether oxygens (including phenoxy) is 1. The summed E-state index contributed by atoms with van der Waals surface area (Å²) in [6.45, 7) is 4.75. The lowest BCUT2D eigenvalue weighted by molar-refractivity contribution is -0.739. The highest BCUT2D eigenvalue weighted by molar-refractivity contribution is 7.83. The summed E-state index contributed by atoms with van der Waals surface area (Å²) in [5.41, 5.74) is 4.03. The lowest BCUT2D eigenvalue weighted by Crippen LogP contribution is -2.66. The van der Waals surface area contributed by atoms with Crippen LogP contribution in [0.15, 0.2) is 45.6 Å². The van der Waals surface area contributed by atoms with Gasteiger partial charge in [0.1, 0.15) is 13.1 Å². The lowest BCUT2D eigenvalue weighted by Gasteiger charge is -2.42. The molecule has 4 N–H and O–H groups in total. The molecule has 3 saturated heterocycles. The van der Waals surface area contributed by atoms with Crippen LogP contribution in [0.3, 0.4) is 0 Å². The van der Waals surface area contributed by atoms with Crippen LogP contribution in [0.2, 0.25) is 0 Å². The van der Waals surface area contributed by atoms with E-state index in [1.54, 1.807) is 26.1 Å². The summed E-state index contributed by atoms with van der Waals surface area (Å²) >= 11 is 0. The highest BCUT2D eigenvalue weighted by Crippen LogP contribution is 2.36. The topological polar surface area (TPSA) is 186 Å². The molecule has 1 atom stereocenters. The Morgan fingerprint density at radius 3 is 2.38 bits per heavy atom. The molecule has 7 rings (SSSR count). The second-order valence-electron chi connectivity index (χ2n) is 15.1. The maximum Gasteiger partial charge on any atom is 0.419 e. The van der Waals surface area contributed by atoms with Crippen LogP contribution in [0.5, 0.6) is 0 Å². The van der Waals surface area contributed by atoms with Crippen molar-refractivity contribution >= 4 is 45.0 Å². The number of quaternary nitrogens is 1. The van der Waals surface area contributed by atoms with Crippen molar-refractivity contribution in [2.45, 2.75) is 70.4 Å². The SMILES string of the molecule is Cc1cc(C[C@@H](OC(=O)N2CCC(N3CCc4ccccc4NC3=O)CC2)C(=O)[N+]2(S(N)(=O)=O)CCC(C3CCNCC3)CC2)cc2oc(=O)n(C)c12. The molecule has 4 aliphatic heterocycles. The molecule has 53 heavy (non-hydrogen) atoms. The molecular formula is C37H50N7O8S+. The van der Waals surface area contributed by atoms with Crippen LogP contribution in [0.1, 0.15) is 55.2 Å². The Hall–Kier alpha value is -4.25. The molecule has 286 valence electrons. The Kier molecular flexibility index (Phi) is 10.4. The highest BCUT2D eigenvalue weighted by Gasteiger charge is 2.54. The molecule has 4 amide bonds. The van der Waals surface area contributed by atoms with E-state index in [4.69, 9.17) is 14.3 Å². The van der Waals surface area contributed by atoms with Gasteiger partial charge in [-0.05, 0) is 92.8 Å². The van der Waals surface area contributed by atoms with E-state index >= 15 is 0 Å². The molecule has 0 spiro atoms. The van der Waals surface area contributed by atoms with Crippen LogP contribution in [0.25, 0.3) is 11.1 Å². The van der Waals surface area contributed by atoms with Gasteiger partial charge in [0, 0.05) is 57.7 Å². The lowest BCUT2D eigenvalue weighted by atomic mass is 9.79. The number of amides is 4. The molecule has 3 aromatic rings. The Morgan fingerprint density at radius 1 is 1.00 bits per heavy atom. The monoisotopic (exact) mass is 752 g/mol. The fourth-order valence-corrected chi connectivity index (χ4v) is 10.1. The zero-order valence-electron chi connectivity index (χ0n) is 30.4. The number of para-hydroxylation sites is 1. The van der Waals surface area contributed by atoms with E-state index in [1.165, 1.54) is 9.47 Å². The number of aromatic nitrogens is 1. The maximum atomic E-state index is 14.7. The number of carbonyl (C=O) groups is 3. The van der Waals surface area contributed by atoms with Gasteiger partial charge in [0.25, 0.3) is 0 Å². The minimum absolute atomic E-state index is 0.000896. The average molecular weight is 753 g/mol. The van der Waals surface area contributed by atoms with Crippen LogP contribution < -0.4 is 21.5 Å². The van der Waals surface area contributed by atoms with Crippen molar-refractivity contribution < 1.29 is 35.8 Å². The molecule has 3 fully saturated rings. The quantitative estimate of drug-likeness (QED) is 0.305. The number of oxazole rings is 1. The smallest absolute Gasteiger partial charge is 0.419 e. The third-order valence-corrected chi connectivity index (χ3v) is 13.6. The van der Waals surface area contributed by atoms with Gasteiger partial charge in [0.05, 0.1) is 5.52 Å². The summed E-state index contributed by atoms with van der Waals surface area (Å²) in [5.74, 6) is -0.615. The second kappa shape index (κ2) is 14.9. The van der Waals surface area contributed by atoms with Crippen LogP contribution in [0.4, 0.5) is 15.3 Å². The van der Waals surface area contributed by atoms with E-state index < -0.39 is 38.0 Å². The molecule has 16 heteroatoms. The van der Waals surface area contributed by atoms with E-state index in [1.807, 2.05) is 29.2 Å². The van der Waals surface area contributed by atoms with Crippen LogP contribution in [-0.2, 0) is 39.6 Å². The molecule has 0 radical (unpaired) electrons. The van der Waals surface area contributed by atoms with Crippen molar-refractivity contribution in [2.24, 2.45) is 24.0 Å². The Morgan fingerprint density at radius 2 is 1.68 bits per heavy atom. The summed E-state index contributed by atoms with van der Waals surface area (Å²) < 4.78 is 38.7. The molecule has 1 aromatic heterocycles. The van der Waals surface area contributed by atoms with Crippen LogP contribution in [-0.4, -0.2) is 103 Å². The molecule has 0 saturated carbocycles. The van der Waals surface area contributed by atoms with Crippen molar-refractivity contribution in [2.75, 3.05) is 51.1 Å². The second-order valence-corrected chi connectivity index (χ2v) is 16.9. The van der Waals surface area contributed by atoms with Crippen LogP contribution >= 0.6 is 0 Å². The Labute approximate surface area is 309 Å². The van der Waals surface area contributed by atoms with Crippen LogP contribution in [0, 0.1) is 18.8 Å². The fraction of sp³-hybridized carbons (Fsp3) is 0.568. The minimum Gasteiger partial charge on any atom is -0.431 e. The normalized spacial score (nSPS) is 24.0. The number of nitrogens with one attached hydrogen (secondary N) is 2. The van der Waals surface area contributed by atoms with Gasteiger partial charge in [-0.25, -0.2) is 19.2 Å². The van der Waals surface area contributed by atoms with Crippen molar-refractivity contribution in [1.29, 1.82) is 0 Å². The molecule has 0 bridgehead atoms. The summed E-state index contributed by atoms with van der Waals surface area (Å²) in [5, 5.41) is 12.3. The van der Waals surface area contributed by atoms with Gasteiger partial charge in [-0.2, -0.15) is 13.6 Å². The molecule has 15 nitrogen and oxygen atoms in total. The average Bonchev–Trinajstić information content (AvgIpc) is 3.32. The zero-order chi connectivity index (χ0) is 37.5. The Balaban J connectivity index is 1.10. The van der Waals surface area contributed by atoms with Gasteiger partial charge < -0.3 is 29.6 Å². The van der Waals surface area contributed by atoms with Gasteiger partial charge in [-0.1, -0.05) is 24.3 Å². The van der Waals surface area contributed by atoms with E-state index in [-0.39, 0.29) is 50.6 Å². The van der Waals surface area contributed by atoms with Crippen molar-refractivity contribution in [1.82, 2.24) is 19.7 Å². The highest BCUT2D eigenvalue weighted by atomic mass is 32.2. The first-order valence-electron chi connectivity index (χ1n) is 18.7. The summed E-state index contributed by atoms with van der Waals surface area (Å²) in [6, 6.07) is 10.9. The Bertz CT molecular complexity index is 2040. The number of hydrogen-bond donors (Lipinski definition) is 3. The molecule has 4 aliphatic rings. The number of hydrogen-bond acceptors (Lipinski definition) is 9. The largest absolute Gasteiger partial charge is 0.431 e. The van der Waals surface area contributed by atoms with E-state index in [2.05, 4.69) is 10.6 Å². The van der Waals surface area contributed by atoms with Crippen molar-refractivity contribution in [3.05, 3.63) is 63.6 Å². The number of rotatable bonds is 7. The van der Waals surface area contributed by atoms with Crippen molar-refractivity contribution in [3.8, 4) is 0 Å². The number of piperidine rings is 3. The number of urea groups is 1. The summed E-state index contributed by atoms with van der Waals surface area (Å²) in [7, 11) is -2.87. The summed E-state index contributed by atoms with van der Waals surface area (Å²) in [4.78, 5) is 57.4. The predicted octanol–water partition coefficient (Wildman–Crippen LogP) is 3.00. The molecule has 5 heterocycles. The van der Waals surface area contributed by atoms with Crippen molar-refractivity contribution in [3.63, 3.8) is 0 Å². The van der Waals surface area contributed by atoms with Gasteiger partial charge in [-0.3, -0.25) is 4.57 Å². The number of nitrogens with two attached hydrogens (primary N) is 1. The molecular weight excluding hydrogens is 703 g/mol. The number of carbonyl (C=O) groups excluding carboxylic acids is 3. The minimum atomic E-state index is -4.47. The zero-order valence-corrected chi connectivity index (χ0v) is 31.2. The maximum absolute atomic E-state index is 14.7. The predicted molar refractivity (Wildman–Crippen MR) is 197 cm³/mol. The standard InChI is InChI=1S/C37H49N7O8S/c1-24-21-25(22-31-33(24)41(2)36(47)51-31)23-32(34(45)44(53(38,49)50)19-12-27(13-20-44)26-7-14-39-15-8-26)52-37(48)42-16-10-29(11-17-42)43-18-9-28-5-3-4-6-30(28)40-35(43)46/h3-6,21-22,26-27,29,32,39H,7-20,23H2,1-2H3,(H2-,38,40,46,49,50)/p+1/t27?,32-,44?/m1/s1. The van der Waals surface area contributed by atoms with E-state index in [9.17, 15) is 27.6 Å². The number of nitrogens with zero attached hydrogens (tertiary/aromatic N) is 4. The molecule has 2 aromatic carbocycles. The number of anilines is 1. The first-order chi connectivity index (χ1) is 25.3. The third-order valence-electron chi connectivity index (χ3n) is 12.0. The third kappa shape index (κ3) is 7.33. The van der Waals surface area contributed by atoms with Gasteiger partial charge >= 0.3 is 34.0 Å². The van der Waals surface area contributed by atoms with E-state index in [0.717, 1.165) is 37.2 Å².